The number of urea groups is 1. The molecule has 2 aliphatic heterocycles. The molecule has 0 aromatic heterocycles. The Bertz CT molecular complexity index is 954. The Morgan fingerprint density at radius 2 is 2.00 bits per heavy atom. The van der Waals surface area contributed by atoms with Crippen LogP contribution in [0.15, 0.2) is 35.4 Å². The number of nitrogens with zero attached hydrogens (tertiary/aromatic N) is 2. The number of amides is 2. The quantitative estimate of drug-likeness (QED) is 0.760. The number of hydrazone groups is 1. The van der Waals surface area contributed by atoms with Gasteiger partial charge in [0.05, 0.1) is 11.8 Å². The second-order valence-corrected chi connectivity index (χ2v) is 6.84. The van der Waals surface area contributed by atoms with Gasteiger partial charge in [-0.1, -0.05) is 6.07 Å². The lowest BCUT2D eigenvalue weighted by molar-refractivity contribution is 0.174. The average Bonchev–Trinajstić information content (AvgIpc) is 3.05. The zero-order valence-electron chi connectivity index (χ0n) is 15.6. The number of nitrogens with two attached hydrogens (primary N) is 1. The molecule has 0 saturated heterocycles. The van der Waals surface area contributed by atoms with Gasteiger partial charge < -0.3 is 20.5 Å². The number of carbonyl (C=O) groups excluding carboxylic acids is 1. The molecule has 2 aromatic rings. The van der Waals surface area contributed by atoms with E-state index < -0.39 is 0 Å². The number of ether oxygens (including phenoxy) is 2. The first-order valence-corrected chi connectivity index (χ1v) is 8.87. The lowest BCUT2D eigenvalue weighted by atomic mass is 9.93. The van der Waals surface area contributed by atoms with E-state index >= 15 is 0 Å². The standard InChI is InChI=1S/C20H22N4O3/c1-11-6-13(4-5-16(11)21)19-15-9-18-17(26-10-27-18)8-14(15)7-12(2)24(23-19)20(25)22-3/h4-6,8-9,12H,7,10,21H2,1-3H3,(H,22,25). The summed E-state index contributed by atoms with van der Waals surface area (Å²) in [7, 11) is 1.60. The van der Waals surface area contributed by atoms with Gasteiger partial charge in [-0.25, -0.2) is 9.80 Å². The lowest BCUT2D eigenvalue weighted by Gasteiger charge is -2.22. The van der Waals surface area contributed by atoms with Gasteiger partial charge in [-0.3, -0.25) is 0 Å². The third kappa shape index (κ3) is 2.95. The fourth-order valence-electron chi connectivity index (χ4n) is 3.43. The normalized spacial score (nSPS) is 17.8. The number of hydrogen-bond donors (Lipinski definition) is 2. The number of anilines is 1. The monoisotopic (exact) mass is 366 g/mol. The molecule has 0 bridgehead atoms. The molecule has 0 aliphatic carbocycles. The van der Waals surface area contributed by atoms with Gasteiger partial charge in [0.1, 0.15) is 0 Å². The molecule has 1 atom stereocenters. The minimum absolute atomic E-state index is 0.114. The van der Waals surface area contributed by atoms with Crippen LogP contribution in [0.1, 0.15) is 29.2 Å². The first-order valence-electron chi connectivity index (χ1n) is 8.87. The van der Waals surface area contributed by atoms with Crippen LogP contribution in [-0.4, -0.2) is 36.6 Å². The van der Waals surface area contributed by atoms with Crippen LogP contribution in [0.3, 0.4) is 0 Å². The van der Waals surface area contributed by atoms with Crippen LogP contribution < -0.4 is 20.5 Å². The molecule has 0 saturated carbocycles. The van der Waals surface area contributed by atoms with E-state index in [1.807, 2.05) is 44.2 Å². The van der Waals surface area contributed by atoms with E-state index in [1.165, 1.54) is 5.01 Å². The Balaban J connectivity index is 1.93. The molecule has 2 heterocycles. The molecule has 27 heavy (non-hydrogen) atoms. The Morgan fingerprint density at radius 1 is 1.26 bits per heavy atom. The van der Waals surface area contributed by atoms with E-state index in [9.17, 15) is 4.79 Å². The van der Waals surface area contributed by atoms with E-state index in [0.717, 1.165) is 33.7 Å². The minimum Gasteiger partial charge on any atom is -0.454 e. The molecule has 140 valence electrons. The van der Waals surface area contributed by atoms with Crippen LogP contribution >= 0.6 is 0 Å². The number of benzene rings is 2. The number of aryl methyl sites for hydroxylation is 1. The Kier molecular flexibility index (Phi) is 4.14. The largest absolute Gasteiger partial charge is 0.454 e. The maximum atomic E-state index is 12.4. The van der Waals surface area contributed by atoms with Gasteiger partial charge in [-0.2, -0.15) is 5.10 Å². The molecule has 4 rings (SSSR count). The number of nitrogen functional groups attached to an aromatic ring is 1. The highest BCUT2D eigenvalue weighted by Gasteiger charge is 2.29. The van der Waals surface area contributed by atoms with Crippen molar-refractivity contribution in [1.82, 2.24) is 10.3 Å². The smallest absolute Gasteiger partial charge is 0.337 e. The highest BCUT2D eigenvalue weighted by Crippen LogP contribution is 2.37. The van der Waals surface area contributed by atoms with Crippen molar-refractivity contribution in [2.24, 2.45) is 5.10 Å². The van der Waals surface area contributed by atoms with Gasteiger partial charge in [0.15, 0.2) is 11.5 Å². The summed E-state index contributed by atoms with van der Waals surface area (Å²) in [4.78, 5) is 12.4. The predicted octanol–water partition coefficient (Wildman–Crippen LogP) is 2.64. The molecule has 2 aliphatic rings. The molecule has 3 N–H and O–H groups in total. The summed E-state index contributed by atoms with van der Waals surface area (Å²) >= 11 is 0. The molecular formula is C20H22N4O3. The van der Waals surface area contributed by atoms with E-state index in [4.69, 9.17) is 20.3 Å². The zero-order valence-corrected chi connectivity index (χ0v) is 15.6. The van der Waals surface area contributed by atoms with Crippen LogP contribution in [0.25, 0.3) is 0 Å². The van der Waals surface area contributed by atoms with Gasteiger partial charge in [-0.15, -0.1) is 0 Å². The van der Waals surface area contributed by atoms with Crippen molar-refractivity contribution in [3.63, 3.8) is 0 Å². The molecule has 0 spiro atoms. The molecular weight excluding hydrogens is 344 g/mol. The van der Waals surface area contributed by atoms with E-state index in [-0.39, 0.29) is 18.9 Å². The van der Waals surface area contributed by atoms with E-state index in [0.29, 0.717) is 17.9 Å². The summed E-state index contributed by atoms with van der Waals surface area (Å²) in [5, 5.41) is 8.90. The second-order valence-electron chi connectivity index (χ2n) is 6.84. The summed E-state index contributed by atoms with van der Waals surface area (Å²) < 4.78 is 11.1. The van der Waals surface area contributed by atoms with Crippen molar-refractivity contribution < 1.29 is 14.3 Å². The average molecular weight is 366 g/mol. The third-order valence-corrected chi connectivity index (χ3v) is 4.96. The summed E-state index contributed by atoms with van der Waals surface area (Å²) in [5.41, 5.74) is 11.3. The third-order valence-electron chi connectivity index (χ3n) is 4.96. The Labute approximate surface area is 157 Å². The number of fused-ring (bicyclic) bond motifs is 2. The molecule has 1 unspecified atom stereocenters. The van der Waals surface area contributed by atoms with Gasteiger partial charge in [0, 0.05) is 23.9 Å². The van der Waals surface area contributed by atoms with Gasteiger partial charge in [0.2, 0.25) is 6.79 Å². The van der Waals surface area contributed by atoms with Crippen molar-refractivity contribution >= 4 is 17.4 Å². The molecule has 7 nitrogen and oxygen atoms in total. The van der Waals surface area contributed by atoms with Crippen LogP contribution in [0.2, 0.25) is 0 Å². The highest BCUT2D eigenvalue weighted by atomic mass is 16.7. The zero-order chi connectivity index (χ0) is 19.1. The molecule has 0 fully saturated rings. The van der Waals surface area contributed by atoms with Crippen LogP contribution in [0.5, 0.6) is 11.5 Å². The number of nitrogens with one attached hydrogen (secondary N) is 1. The molecule has 7 heteroatoms. The number of carbonyl (C=O) groups is 1. The molecule has 2 amide bonds. The summed E-state index contributed by atoms with van der Waals surface area (Å²) in [6.45, 7) is 4.14. The second kappa shape index (κ2) is 6.50. The van der Waals surface area contributed by atoms with E-state index in [1.54, 1.807) is 7.05 Å². The van der Waals surface area contributed by atoms with Crippen LogP contribution in [0.4, 0.5) is 10.5 Å². The highest BCUT2D eigenvalue weighted by molar-refractivity contribution is 6.14. The first-order chi connectivity index (χ1) is 13.0. The fourth-order valence-corrected chi connectivity index (χ4v) is 3.43. The van der Waals surface area contributed by atoms with Crippen molar-refractivity contribution in [2.45, 2.75) is 26.3 Å². The summed E-state index contributed by atoms with van der Waals surface area (Å²) in [5.74, 6) is 1.41. The van der Waals surface area contributed by atoms with Crippen molar-refractivity contribution in [3.8, 4) is 11.5 Å². The van der Waals surface area contributed by atoms with Crippen LogP contribution in [0, 0.1) is 6.92 Å². The van der Waals surface area contributed by atoms with Gasteiger partial charge in [-0.05, 0) is 55.7 Å². The van der Waals surface area contributed by atoms with Gasteiger partial charge in [0.25, 0.3) is 0 Å². The van der Waals surface area contributed by atoms with Crippen LogP contribution in [-0.2, 0) is 6.42 Å². The maximum absolute atomic E-state index is 12.4. The molecule has 0 radical (unpaired) electrons. The fraction of sp³-hybridized carbons (Fsp3) is 0.300. The predicted molar refractivity (Wildman–Crippen MR) is 103 cm³/mol. The Morgan fingerprint density at radius 3 is 2.70 bits per heavy atom. The maximum Gasteiger partial charge on any atom is 0.337 e. The minimum atomic E-state index is -0.250. The first kappa shape index (κ1) is 17.2. The number of hydrogen-bond acceptors (Lipinski definition) is 5. The summed E-state index contributed by atoms with van der Waals surface area (Å²) in [6, 6.07) is 9.34. The van der Waals surface area contributed by atoms with E-state index in [2.05, 4.69) is 5.32 Å². The summed E-state index contributed by atoms with van der Waals surface area (Å²) in [6.07, 6.45) is 0.653. The van der Waals surface area contributed by atoms with Crippen molar-refractivity contribution in [2.75, 3.05) is 19.6 Å². The lowest BCUT2D eigenvalue weighted by Crippen LogP contribution is -2.41. The molecule has 2 aromatic carbocycles. The van der Waals surface area contributed by atoms with Crippen molar-refractivity contribution in [1.29, 1.82) is 0 Å². The number of rotatable bonds is 1. The SMILES string of the molecule is CNC(=O)N1N=C(c2ccc(N)c(C)c2)c2cc3c(cc2CC1C)OCO3. The van der Waals surface area contributed by atoms with Crippen molar-refractivity contribution in [3.05, 3.63) is 52.6 Å². The van der Waals surface area contributed by atoms with Gasteiger partial charge >= 0.3 is 6.03 Å². The topological polar surface area (TPSA) is 89.2 Å². The Hall–Kier alpha value is -3.22.